The Morgan fingerprint density at radius 3 is 2.50 bits per heavy atom. The van der Waals surface area contributed by atoms with Crippen LogP contribution in [0.5, 0.6) is 11.5 Å². The molecule has 0 saturated heterocycles. The number of amides is 1. The molecule has 4 aromatic rings. The Labute approximate surface area is 185 Å². The van der Waals surface area contributed by atoms with Crippen molar-refractivity contribution in [2.75, 3.05) is 19.5 Å². The van der Waals surface area contributed by atoms with Gasteiger partial charge in [-0.2, -0.15) is 4.98 Å². The smallest absolute Gasteiger partial charge is 0.274 e. The number of ether oxygens (including phenoxy) is 2. The molecule has 1 amide bonds. The van der Waals surface area contributed by atoms with E-state index >= 15 is 0 Å². The van der Waals surface area contributed by atoms with Crippen LogP contribution < -0.4 is 14.8 Å². The number of hydrogen-bond donors (Lipinski definition) is 1. The van der Waals surface area contributed by atoms with E-state index in [4.69, 9.17) is 14.0 Å². The minimum absolute atomic E-state index is 0.115. The molecule has 0 saturated carbocycles. The number of rotatable bonds is 7. The summed E-state index contributed by atoms with van der Waals surface area (Å²) < 4.78 is 17.9. The number of nitrogens with zero attached hydrogens (tertiary/aromatic N) is 3. The molecular weight excluding hydrogens is 408 g/mol. The van der Waals surface area contributed by atoms with E-state index < -0.39 is 0 Å². The largest absolute Gasteiger partial charge is 0.493 e. The van der Waals surface area contributed by atoms with Crippen LogP contribution in [0.4, 0.5) is 5.69 Å². The van der Waals surface area contributed by atoms with Gasteiger partial charge in [0.05, 0.1) is 14.2 Å². The van der Waals surface area contributed by atoms with Crippen LogP contribution in [0.3, 0.4) is 0 Å². The monoisotopic (exact) mass is 432 g/mol. The van der Waals surface area contributed by atoms with Crippen molar-refractivity contribution >= 4 is 11.6 Å². The molecule has 2 aromatic heterocycles. The minimum Gasteiger partial charge on any atom is -0.493 e. The number of aryl methyl sites for hydroxylation is 2. The molecule has 1 N–H and O–H groups in total. The quantitative estimate of drug-likeness (QED) is 0.463. The van der Waals surface area contributed by atoms with Gasteiger partial charge in [0.1, 0.15) is 12.2 Å². The molecule has 2 heterocycles. The molecule has 2 aromatic carbocycles. The summed E-state index contributed by atoms with van der Waals surface area (Å²) >= 11 is 0. The Hall–Kier alpha value is -4.07. The maximum atomic E-state index is 12.7. The first-order valence-corrected chi connectivity index (χ1v) is 10.1. The fourth-order valence-electron chi connectivity index (χ4n) is 3.51. The van der Waals surface area contributed by atoms with Crippen LogP contribution in [-0.2, 0) is 11.3 Å². The predicted molar refractivity (Wildman–Crippen MR) is 121 cm³/mol. The SMILES string of the molecule is COc1ccc(-c2noc(-c3cccn3CC(=O)Nc3c(C)cccc3C)n2)cc1OC. The van der Waals surface area contributed by atoms with Crippen LogP contribution in [0.25, 0.3) is 23.0 Å². The second kappa shape index (κ2) is 8.97. The van der Waals surface area contributed by atoms with Gasteiger partial charge in [-0.25, -0.2) is 0 Å². The average Bonchev–Trinajstić information content (AvgIpc) is 3.45. The maximum Gasteiger partial charge on any atom is 0.274 e. The van der Waals surface area contributed by atoms with Crippen molar-refractivity contribution in [3.8, 4) is 34.5 Å². The highest BCUT2D eigenvalue weighted by Crippen LogP contribution is 2.32. The maximum absolute atomic E-state index is 12.7. The topological polar surface area (TPSA) is 91.4 Å². The van der Waals surface area contributed by atoms with Crippen LogP contribution in [0.15, 0.2) is 59.3 Å². The molecule has 0 bridgehead atoms. The van der Waals surface area contributed by atoms with Gasteiger partial charge in [0.2, 0.25) is 11.7 Å². The Balaban J connectivity index is 1.54. The summed E-state index contributed by atoms with van der Waals surface area (Å²) in [6.07, 6.45) is 1.81. The molecule has 0 aliphatic carbocycles. The molecule has 0 aliphatic rings. The number of methoxy groups -OCH3 is 2. The number of nitrogens with one attached hydrogen (secondary N) is 1. The Morgan fingerprint density at radius 2 is 1.78 bits per heavy atom. The molecular formula is C24H24N4O4. The summed E-state index contributed by atoms with van der Waals surface area (Å²) in [6.45, 7) is 4.06. The first-order chi connectivity index (χ1) is 15.5. The normalized spacial score (nSPS) is 10.8. The van der Waals surface area contributed by atoms with Crippen molar-refractivity contribution in [1.29, 1.82) is 0 Å². The first-order valence-electron chi connectivity index (χ1n) is 10.1. The highest BCUT2D eigenvalue weighted by atomic mass is 16.5. The molecule has 8 nitrogen and oxygen atoms in total. The Bertz CT molecular complexity index is 1240. The van der Waals surface area contributed by atoms with E-state index in [0.29, 0.717) is 28.9 Å². The second-order valence-corrected chi connectivity index (χ2v) is 7.33. The molecule has 32 heavy (non-hydrogen) atoms. The molecule has 0 aliphatic heterocycles. The third-order valence-corrected chi connectivity index (χ3v) is 5.18. The number of benzene rings is 2. The fraction of sp³-hybridized carbons (Fsp3) is 0.208. The molecule has 0 unspecified atom stereocenters. The lowest BCUT2D eigenvalue weighted by molar-refractivity contribution is -0.116. The molecule has 0 atom stereocenters. The highest BCUT2D eigenvalue weighted by Gasteiger charge is 2.17. The van der Waals surface area contributed by atoms with Gasteiger partial charge in [-0.3, -0.25) is 4.79 Å². The molecule has 164 valence electrons. The van der Waals surface area contributed by atoms with E-state index in [1.165, 1.54) is 0 Å². The van der Waals surface area contributed by atoms with Crippen molar-refractivity contribution in [1.82, 2.24) is 14.7 Å². The summed E-state index contributed by atoms with van der Waals surface area (Å²) in [4.78, 5) is 17.2. The third kappa shape index (κ3) is 4.20. The van der Waals surface area contributed by atoms with Crippen LogP contribution in [0, 0.1) is 13.8 Å². The average molecular weight is 432 g/mol. The lowest BCUT2D eigenvalue weighted by atomic mass is 10.1. The minimum atomic E-state index is -0.139. The van der Waals surface area contributed by atoms with Crippen molar-refractivity contribution in [3.05, 3.63) is 65.9 Å². The zero-order chi connectivity index (χ0) is 22.7. The lowest BCUT2D eigenvalue weighted by Gasteiger charge is -2.12. The van der Waals surface area contributed by atoms with Crippen LogP contribution in [-0.4, -0.2) is 34.8 Å². The van der Waals surface area contributed by atoms with Gasteiger partial charge in [-0.1, -0.05) is 23.4 Å². The zero-order valence-corrected chi connectivity index (χ0v) is 18.4. The van der Waals surface area contributed by atoms with Crippen molar-refractivity contribution in [2.24, 2.45) is 0 Å². The van der Waals surface area contributed by atoms with E-state index in [-0.39, 0.29) is 12.5 Å². The first kappa shape index (κ1) is 21.2. The number of carbonyl (C=O) groups excluding carboxylic acids is 1. The van der Waals surface area contributed by atoms with E-state index in [1.54, 1.807) is 37.1 Å². The van der Waals surface area contributed by atoms with Gasteiger partial charge in [-0.05, 0) is 55.3 Å². The van der Waals surface area contributed by atoms with Gasteiger partial charge < -0.3 is 23.9 Å². The summed E-state index contributed by atoms with van der Waals surface area (Å²) in [5.41, 5.74) is 4.24. The van der Waals surface area contributed by atoms with E-state index in [2.05, 4.69) is 15.5 Å². The second-order valence-electron chi connectivity index (χ2n) is 7.33. The molecule has 0 fully saturated rings. The fourth-order valence-corrected chi connectivity index (χ4v) is 3.51. The third-order valence-electron chi connectivity index (χ3n) is 5.18. The summed E-state index contributed by atoms with van der Waals surface area (Å²) in [5, 5.41) is 7.09. The van der Waals surface area contributed by atoms with E-state index in [9.17, 15) is 4.79 Å². The number of hydrogen-bond acceptors (Lipinski definition) is 6. The number of anilines is 1. The van der Waals surface area contributed by atoms with Crippen LogP contribution in [0.2, 0.25) is 0 Å². The number of para-hydroxylation sites is 1. The van der Waals surface area contributed by atoms with Gasteiger partial charge in [0, 0.05) is 17.4 Å². The van der Waals surface area contributed by atoms with Crippen molar-refractivity contribution in [2.45, 2.75) is 20.4 Å². The lowest BCUT2D eigenvalue weighted by Crippen LogP contribution is -2.20. The molecule has 4 rings (SSSR count). The van der Waals surface area contributed by atoms with Gasteiger partial charge in [0.25, 0.3) is 5.89 Å². The van der Waals surface area contributed by atoms with Crippen LogP contribution in [0.1, 0.15) is 11.1 Å². The van der Waals surface area contributed by atoms with Crippen LogP contribution >= 0.6 is 0 Å². The molecule has 0 spiro atoms. The van der Waals surface area contributed by atoms with Gasteiger partial charge in [0.15, 0.2) is 11.5 Å². The zero-order valence-electron chi connectivity index (χ0n) is 18.4. The number of aromatic nitrogens is 3. The van der Waals surface area contributed by atoms with Gasteiger partial charge >= 0.3 is 0 Å². The Morgan fingerprint density at radius 1 is 1.03 bits per heavy atom. The highest BCUT2D eigenvalue weighted by molar-refractivity contribution is 5.92. The Kier molecular flexibility index (Phi) is 5.93. The van der Waals surface area contributed by atoms with Gasteiger partial charge in [-0.15, -0.1) is 0 Å². The summed E-state index contributed by atoms with van der Waals surface area (Å²) in [7, 11) is 3.15. The molecule has 0 radical (unpaired) electrons. The van der Waals surface area contributed by atoms with Crippen molar-refractivity contribution < 1.29 is 18.8 Å². The summed E-state index contributed by atoms with van der Waals surface area (Å²) in [5.74, 6) is 1.78. The predicted octanol–water partition coefficient (Wildman–Crippen LogP) is 4.48. The standard InChI is InChI=1S/C24H24N4O4/c1-15-7-5-8-16(2)22(15)25-21(29)14-28-12-6-9-18(28)24-26-23(27-32-24)17-10-11-19(30-3)20(13-17)31-4/h5-13H,14H2,1-4H3,(H,25,29). The number of carbonyl (C=O) groups is 1. The molecule has 8 heteroatoms. The van der Waals surface area contributed by atoms with Crippen molar-refractivity contribution in [3.63, 3.8) is 0 Å². The van der Waals surface area contributed by atoms with E-state index in [1.807, 2.05) is 50.2 Å². The summed E-state index contributed by atoms with van der Waals surface area (Å²) in [6, 6.07) is 15.0. The van der Waals surface area contributed by atoms with E-state index in [0.717, 1.165) is 22.4 Å².